The minimum Gasteiger partial charge on any atom is -0.512 e. The zero-order chi connectivity index (χ0) is 20.1. The first-order chi connectivity index (χ1) is 13.5. The molecule has 2 aromatic carbocycles. The standard InChI is InChI=1S/C18H12N3.C5H8O2.Ir/c1-12-11-19-18-17(20-12)15-10-6-5-9-14(15)16(21-18)13-7-3-2-4-8-13;1-4(6)3-5(2)7;/h2-7,9-11H,1H3;3,6H,1-2H3;/q-1;;/b;4-3-;. The molecule has 4 aromatic rings. The minimum atomic E-state index is -0.125. The molecule has 5 nitrogen and oxygen atoms in total. The van der Waals surface area contributed by atoms with Gasteiger partial charge < -0.3 is 5.11 Å². The number of aromatic nitrogens is 3. The average molecular weight is 563 g/mol. The summed E-state index contributed by atoms with van der Waals surface area (Å²) in [4.78, 5) is 23.8. The summed E-state index contributed by atoms with van der Waals surface area (Å²) in [5, 5.41) is 10.5. The number of allylic oxidation sites excluding steroid dienone is 2. The molecule has 4 rings (SSSR count). The molecule has 1 radical (unpaired) electrons. The third-order valence-corrected chi connectivity index (χ3v) is 3.90. The van der Waals surface area contributed by atoms with Crippen molar-refractivity contribution < 1.29 is 30.0 Å². The number of pyridine rings is 1. The maximum atomic E-state index is 10.0. The second-order valence-corrected chi connectivity index (χ2v) is 6.36. The Kier molecular flexibility index (Phi) is 7.71. The SMILES string of the molecule is CC(=O)/C=C(/C)O.Cc1cnc2nc(-c3[c-]cccc3)c3ccccc3c2n1.[Ir]. The van der Waals surface area contributed by atoms with Gasteiger partial charge in [-0.25, -0.2) is 9.97 Å². The Hall–Kier alpha value is -2.95. The molecule has 0 saturated carbocycles. The number of aliphatic hydroxyl groups is 1. The van der Waals surface area contributed by atoms with Gasteiger partial charge in [-0.15, -0.1) is 35.9 Å². The fourth-order valence-electron chi connectivity index (χ4n) is 2.84. The fraction of sp³-hybridized carbons (Fsp3) is 0.130. The van der Waals surface area contributed by atoms with Crippen molar-refractivity contribution in [3.63, 3.8) is 0 Å². The van der Waals surface area contributed by atoms with Crippen LogP contribution < -0.4 is 0 Å². The van der Waals surface area contributed by atoms with E-state index in [9.17, 15) is 4.79 Å². The van der Waals surface area contributed by atoms with Crippen LogP contribution >= 0.6 is 0 Å². The van der Waals surface area contributed by atoms with Gasteiger partial charge in [-0.2, -0.15) is 0 Å². The van der Waals surface area contributed by atoms with E-state index in [0.29, 0.717) is 5.65 Å². The van der Waals surface area contributed by atoms with Crippen molar-refractivity contribution in [2.75, 3.05) is 0 Å². The molecule has 0 fully saturated rings. The molecular weight excluding hydrogens is 542 g/mol. The van der Waals surface area contributed by atoms with Gasteiger partial charge >= 0.3 is 0 Å². The Morgan fingerprint density at radius 1 is 1.03 bits per heavy atom. The Morgan fingerprint density at radius 3 is 2.31 bits per heavy atom. The van der Waals surface area contributed by atoms with Gasteiger partial charge in [0.2, 0.25) is 0 Å². The predicted molar refractivity (Wildman–Crippen MR) is 111 cm³/mol. The summed E-state index contributed by atoms with van der Waals surface area (Å²) in [5.74, 6) is -0.0625. The number of hydrogen-bond acceptors (Lipinski definition) is 5. The molecule has 29 heavy (non-hydrogen) atoms. The van der Waals surface area contributed by atoms with Crippen LogP contribution in [0.15, 0.2) is 66.6 Å². The molecule has 0 bridgehead atoms. The number of benzene rings is 2. The van der Waals surface area contributed by atoms with Crippen LogP contribution in [-0.2, 0) is 24.9 Å². The molecule has 0 amide bonds. The smallest absolute Gasteiger partial charge is 0.169 e. The van der Waals surface area contributed by atoms with E-state index in [2.05, 4.69) is 28.2 Å². The molecule has 1 N–H and O–H groups in total. The van der Waals surface area contributed by atoms with Crippen LogP contribution in [0.3, 0.4) is 0 Å². The van der Waals surface area contributed by atoms with Gasteiger partial charge in [0.15, 0.2) is 11.4 Å². The van der Waals surface area contributed by atoms with Gasteiger partial charge in [-0.1, -0.05) is 24.3 Å². The summed E-state index contributed by atoms with van der Waals surface area (Å²) in [6, 6.07) is 19.3. The Morgan fingerprint density at radius 2 is 1.72 bits per heavy atom. The number of ketones is 1. The van der Waals surface area contributed by atoms with E-state index in [4.69, 9.17) is 10.1 Å². The summed E-state index contributed by atoms with van der Waals surface area (Å²) >= 11 is 0. The first-order valence-electron chi connectivity index (χ1n) is 8.82. The van der Waals surface area contributed by atoms with Crippen LogP contribution in [0.1, 0.15) is 19.5 Å². The third kappa shape index (κ3) is 5.53. The number of aliphatic hydroxyl groups excluding tert-OH is 1. The van der Waals surface area contributed by atoms with E-state index in [1.54, 1.807) is 6.20 Å². The van der Waals surface area contributed by atoms with E-state index >= 15 is 0 Å². The van der Waals surface area contributed by atoms with Crippen LogP contribution in [-0.4, -0.2) is 25.8 Å². The number of rotatable bonds is 2. The van der Waals surface area contributed by atoms with E-state index in [0.717, 1.165) is 33.2 Å². The van der Waals surface area contributed by atoms with Crippen LogP contribution in [0.5, 0.6) is 0 Å². The van der Waals surface area contributed by atoms with Crippen molar-refractivity contribution in [2.24, 2.45) is 0 Å². The maximum Gasteiger partial charge on any atom is 0.169 e. The van der Waals surface area contributed by atoms with Crippen molar-refractivity contribution in [3.8, 4) is 11.3 Å². The molecule has 0 saturated heterocycles. The third-order valence-electron chi connectivity index (χ3n) is 3.90. The van der Waals surface area contributed by atoms with E-state index in [-0.39, 0.29) is 31.6 Å². The number of carbonyl (C=O) groups excluding carboxylic acids is 1. The van der Waals surface area contributed by atoms with E-state index < -0.39 is 0 Å². The monoisotopic (exact) mass is 563 g/mol. The van der Waals surface area contributed by atoms with Gasteiger partial charge in [0.05, 0.1) is 17.6 Å². The quantitative estimate of drug-likeness (QED) is 0.161. The number of nitrogens with zero attached hydrogens (tertiary/aromatic N) is 3. The first kappa shape index (κ1) is 22.3. The molecule has 0 unspecified atom stereocenters. The van der Waals surface area contributed by atoms with Crippen molar-refractivity contribution in [3.05, 3.63) is 78.3 Å². The maximum absolute atomic E-state index is 10.0. The number of carbonyl (C=O) groups is 1. The minimum absolute atomic E-state index is 0. The van der Waals surface area contributed by atoms with E-state index in [1.807, 2.05) is 43.3 Å². The summed E-state index contributed by atoms with van der Waals surface area (Å²) < 4.78 is 0. The Labute approximate surface area is 182 Å². The molecule has 0 spiro atoms. The molecule has 0 aliphatic heterocycles. The van der Waals surface area contributed by atoms with Gasteiger partial charge in [0.1, 0.15) is 5.52 Å². The van der Waals surface area contributed by atoms with Crippen molar-refractivity contribution >= 4 is 27.7 Å². The molecule has 2 heterocycles. The Bertz CT molecular complexity index is 1170. The van der Waals surface area contributed by atoms with Crippen molar-refractivity contribution in [2.45, 2.75) is 20.8 Å². The molecule has 0 aliphatic carbocycles. The van der Waals surface area contributed by atoms with Crippen molar-refractivity contribution in [1.82, 2.24) is 15.0 Å². The summed E-state index contributed by atoms with van der Waals surface area (Å²) in [6.07, 6.45) is 2.92. The molecule has 0 atom stereocenters. The fourth-order valence-corrected chi connectivity index (χ4v) is 2.84. The Balaban J connectivity index is 0.000000327. The van der Waals surface area contributed by atoms with Crippen LogP contribution in [0.25, 0.3) is 33.2 Å². The second kappa shape index (κ2) is 10.0. The molecule has 2 aromatic heterocycles. The van der Waals surface area contributed by atoms with E-state index in [1.165, 1.54) is 19.9 Å². The van der Waals surface area contributed by atoms with Gasteiger partial charge in [0.25, 0.3) is 0 Å². The molecular formula is C23H20IrN3O2-. The van der Waals surface area contributed by atoms with Gasteiger partial charge in [0, 0.05) is 31.6 Å². The van der Waals surface area contributed by atoms with Crippen LogP contribution in [0.4, 0.5) is 0 Å². The number of hydrogen-bond donors (Lipinski definition) is 1. The van der Waals surface area contributed by atoms with Gasteiger partial charge in [-0.05, 0) is 31.9 Å². The number of aryl methyl sites for hydroxylation is 1. The number of fused-ring (bicyclic) bond motifs is 3. The first-order valence-corrected chi connectivity index (χ1v) is 8.82. The van der Waals surface area contributed by atoms with Gasteiger partial charge in [-0.3, -0.25) is 9.78 Å². The van der Waals surface area contributed by atoms with Crippen LogP contribution in [0.2, 0.25) is 0 Å². The summed E-state index contributed by atoms with van der Waals surface area (Å²) in [7, 11) is 0. The van der Waals surface area contributed by atoms with Crippen LogP contribution in [0, 0.1) is 13.0 Å². The summed E-state index contributed by atoms with van der Waals surface area (Å²) in [6.45, 7) is 4.79. The largest absolute Gasteiger partial charge is 0.512 e. The zero-order valence-corrected chi connectivity index (χ0v) is 18.7. The van der Waals surface area contributed by atoms with Crippen molar-refractivity contribution in [1.29, 1.82) is 0 Å². The summed E-state index contributed by atoms with van der Waals surface area (Å²) in [5.41, 5.74) is 4.29. The zero-order valence-electron chi connectivity index (χ0n) is 16.3. The molecule has 6 heteroatoms. The average Bonchev–Trinajstić information content (AvgIpc) is 2.67. The topological polar surface area (TPSA) is 76.0 Å². The molecule has 0 aliphatic rings. The normalized spacial score (nSPS) is 10.8. The second-order valence-electron chi connectivity index (χ2n) is 6.36. The molecule has 149 valence electrons. The predicted octanol–water partition coefficient (Wildman–Crippen LogP) is 4.99.